The van der Waals surface area contributed by atoms with Gasteiger partial charge in [-0.15, -0.1) is 0 Å². The van der Waals surface area contributed by atoms with Gasteiger partial charge in [0.15, 0.2) is 0 Å². The Bertz CT molecular complexity index is 914. The van der Waals surface area contributed by atoms with E-state index < -0.39 is 11.8 Å². The summed E-state index contributed by atoms with van der Waals surface area (Å²) in [7, 11) is 0. The maximum atomic E-state index is 12.0. The lowest BCUT2D eigenvalue weighted by atomic mass is 10.2. The van der Waals surface area contributed by atoms with Crippen molar-refractivity contribution in [2.75, 3.05) is 6.54 Å². The molecule has 0 aliphatic carbocycles. The largest absolute Gasteiger partial charge is 0.345 e. The molecule has 0 spiro atoms. The molecular weight excluding hydrogens is 358 g/mol. The minimum Gasteiger partial charge on any atom is -0.345 e. The number of pyridine rings is 1. The Morgan fingerprint density at radius 1 is 1.08 bits per heavy atom. The van der Waals surface area contributed by atoms with E-state index in [2.05, 4.69) is 25.8 Å². The van der Waals surface area contributed by atoms with Crippen LogP contribution < -0.4 is 10.6 Å². The molecule has 0 unspecified atom stereocenters. The number of benzene rings is 1. The van der Waals surface area contributed by atoms with Crippen molar-refractivity contribution in [3.63, 3.8) is 0 Å². The first-order valence-corrected chi connectivity index (χ1v) is 8.03. The van der Waals surface area contributed by atoms with Crippen LogP contribution in [0.15, 0.2) is 53.3 Å². The Hall–Kier alpha value is -3.26. The number of carbonyl (C=O) groups excluding carboxylic acids is 2. The predicted octanol–water partition coefficient (Wildman–Crippen LogP) is 1.83. The highest BCUT2D eigenvalue weighted by Gasteiger charge is 2.12. The molecule has 0 aliphatic rings. The normalized spacial score (nSPS) is 10.3. The van der Waals surface area contributed by atoms with Crippen LogP contribution in [0.4, 0.5) is 0 Å². The third kappa shape index (κ3) is 4.42. The zero-order valence-corrected chi connectivity index (χ0v) is 14.2. The Morgan fingerprint density at radius 3 is 2.62 bits per heavy atom. The van der Waals surface area contributed by atoms with Gasteiger partial charge in [-0.05, 0) is 24.3 Å². The van der Waals surface area contributed by atoms with Gasteiger partial charge in [0, 0.05) is 18.0 Å². The van der Waals surface area contributed by atoms with Gasteiger partial charge in [0.2, 0.25) is 17.6 Å². The number of nitrogens with one attached hydrogen (secondary N) is 2. The lowest BCUT2D eigenvalue weighted by molar-refractivity contribution is -0.120. The Morgan fingerprint density at radius 2 is 1.85 bits per heavy atom. The molecular formula is C17H14ClN5O3. The van der Waals surface area contributed by atoms with Crippen molar-refractivity contribution in [3.8, 4) is 11.4 Å². The fraction of sp³-hybridized carbons (Fsp3) is 0.118. The zero-order chi connectivity index (χ0) is 18.4. The highest BCUT2D eigenvalue weighted by molar-refractivity contribution is 6.33. The second-order valence-corrected chi connectivity index (χ2v) is 5.59. The number of aromatic nitrogens is 3. The number of rotatable bonds is 6. The summed E-state index contributed by atoms with van der Waals surface area (Å²) < 4.78 is 5.08. The average Bonchev–Trinajstić information content (AvgIpc) is 3.14. The molecule has 0 aliphatic heterocycles. The summed E-state index contributed by atoms with van der Waals surface area (Å²) in [5, 5.41) is 9.25. The predicted molar refractivity (Wildman–Crippen MR) is 93.2 cm³/mol. The number of hydrogen-bond donors (Lipinski definition) is 2. The molecule has 0 bridgehead atoms. The summed E-state index contributed by atoms with van der Waals surface area (Å²) >= 11 is 5.94. The van der Waals surface area contributed by atoms with Crippen LogP contribution in [0.3, 0.4) is 0 Å². The first-order valence-electron chi connectivity index (χ1n) is 7.66. The van der Waals surface area contributed by atoms with E-state index in [4.69, 9.17) is 16.1 Å². The number of nitrogens with zero attached hydrogens (tertiary/aromatic N) is 3. The van der Waals surface area contributed by atoms with Crippen LogP contribution in [0.2, 0.25) is 5.02 Å². The summed E-state index contributed by atoms with van der Waals surface area (Å²) in [4.78, 5) is 31.9. The summed E-state index contributed by atoms with van der Waals surface area (Å²) in [6.07, 6.45) is 3.24. The monoisotopic (exact) mass is 371 g/mol. The van der Waals surface area contributed by atoms with Gasteiger partial charge in [-0.2, -0.15) is 4.98 Å². The topological polar surface area (TPSA) is 110 Å². The number of carbonyl (C=O) groups is 2. The van der Waals surface area contributed by atoms with E-state index in [0.29, 0.717) is 16.4 Å². The van der Waals surface area contributed by atoms with Crippen LogP contribution >= 0.6 is 11.6 Å². The molecule has 3 rings (SSSR count). The van der Waals surface area contributed by atoms with Crippen LogP contribution in [-0.2, 0) is 11.3 Å². The molecule has 0 saturated heterocycles. The molecule has 26 heavy (non-hydrogen) atoms. The second kappa shape index (κ2) is 8.21. The van der Waals surface area contributed by atoms with Crippen molar-refractivity contribution in [2.45, 2.75) is 6.54 Å². The molecule has 0 atom stereocenters. The fourth-order valence-corrected chi connectivity index (χ4v) is 2.30. The lowest BCUT2D eigenvalue weighted by Crippen LogP contribution is -2.36. The SMILES string of the molecule is O=C(CNC(=O)c1ccccc1Cl)NCc1nc(-c2ccncc2)no1. The maximum absolute atomic E-state index is 12.0. The summed E-state index contributed by atoms with van der Waals surface area (Å²) in [6.45, 7) is -0.145. The number of hydrogen-bond acceptors (Lipinski definition) is 6. The standard InChI is InChI=1S/C17H14ClN5O3/c18-13-4-2-1-3-12(13)17(25)21-9-14(24)20-10-15-22-16(23-26-15)11-5-7-19-8-6-11/h1-8H,9-10H2,(H,20,24)(H,21,25). The van der Waals surface area contributed by atoms with Crippen molar-refractivity contribution in [1.29, 1.82) is 0 Å². The molecule has 2 heterocycles. The van der Waals surface area contributed by atoms with Crippen LogP contribution in [0, 0.1) is 0 Å². The summed E-state index contributed by atoms with van der Waals surface area (Å²) in [6, 6.07) is 10.1. The minimum atomic E-state index is -0.427. The van der Waals surface area contributed by atoms with Crippen LogP contribution in [-0.4, -0.2) is 33.5 Å². The van der Waals surface area contributed by atoms with Gasteiger partial charge >= 0.3 is 0 Å². The van der Waals surface area contributed by atoms with E-state index in [9.17, 15) is 9.59 Å². The second-order valence-electron chi connectivity index (χ2n) is 5.19. The Balaban J connectivity index is 1.48. The molecule has 2 amide bonds. The average molecular weight is 372 g/mol. The smallest absolute Gasteiger partial charge is 0.253 e. The van der Waals surface area contributed by atoms with E-state index in [0.717, 1.165) is 5.56 Å². The summed E-state index contributed by atoms with van der Waals surface area (Å²) in [5.74, 6) is -0.163. The van der Waals surface area contributed by atoms with Crippen LogP contribution in [0.1, 0.15) is 16.2 Å². The minimum absolute atomic E-state index is 0.0544. The zero-order valence-electron chi connectivity index (χ0n) is 13.5. The van der Waals surface area contributed by atoms with Crippen molar-refractivity contribution in [3.05, 3.63) is 65.3 Å². The van der Waals surface area contributed by atoms with Gasteiger partial charge in [0.05, 0.1) is 23.7 Å². The number of amides is 2. The Kier molecular flexibility index (Phi) is 5.55. The van der Waals surface area contributed by atoms with Gasteiger partial charge in [0.1, 0.15) is 0 Å². The quantitative estimate of drug-likeness (QED) is 0.684. The van der Waals surface area contributed by atoms with Gasteiger partial charge in [0.25, 0.3) is 5.91 Å². The third-order valence-electron chi connectivity index (χ3n) is 3.37. The fourth-order valence-electron chi connectivity index (χ4n) is 2.08. The molecule has 8 nitrogen and oxygen atoms in total. The van der Waals surface area contributed by atoms with E-state index in [-0.39, 0.29) is 19.0 Å². The first kappa shape index (κ1) is 17.6. The molecule has 0 fully saturated rings. The van der Waals surface area contributed by atoms with Crippen LogP contribution in [0.5, 0.6) is 0 Å². The molecule has 2 aromatic heterocycles. The highest BCUT2D eigenvalue weighted by Crippen LogP contribution is 2.15. The van der Waals surface area contributed by atoms with E-state index in [1.807, 2.05) is 0 Å². The molecule has 3 aromatic rings. The van der Waals surface area contributed by atoms with Crippen molar-refractivity contribution < 1.29 is 14.1 Å². The highest BCUT2D eigenvalue weighted by atomic mass is 35.5. The third-order valence-corrected chi connectivity index (χ3v) is 3.70. The lowest BCUT2D eigenvalue weighted by Gasteiger charge is -2.06. The van der Waals surface area contributed by atoms with E-state index in [1.165, 1.54) is 0 Å². The van der Waals surface area contributed by atoms with Gasteiger partial charge < -0.3 is 15.2 Å². The maximum Gasteiger partial charge on any atom is 0.253 e. The van der Waals surface area contributed by atoms with Gasteiger partial charge in [-0.25, -0.2) is 0 Å². The van der Waals surface area contributed by atoms with Crippen molar-refractivity contribution >= 4 is 23.4 Å². The van der Waals surface area contributed by atoms with Gasteiger partial charge in [-0.1, -0.05) is 28.9 Å². The Labute approximate surface area is 153 Å². The van der Waals surface area contributed by atoms with E-state index in [1.54, 1.807) is 48.8 Å². The summed E-state index contributed by atoms with van der Waals surface area (Å²) in [5.41, 5.74) is 1.06. The van der Waals surface area contributed by atoms with E-state index >= 15 is 0 Å². The van der Waals surface area contributed by atoms with Crippen LogP contribution in [0.25, 0.3) is 11.4 Å². The molecule has 2 N–H and O–H groups in total. The molecule has 132 valence electrons. The molecule has 9 heteroatoms. The first-order chi connectivity index (χ1) is 12.6. The molecule has 0 radical (unpaired) electrons. The molecule has 1 aromatic carbocycles. The number of halogens is 1. The van der Waals surface area contributed by atoms with Crippen molar-refractivity contribution in [1.82, 2.24) is 25.8 Å². The van der Waals surface area contributed by atoms with Crippen molar-refractivity contribution in [2.24, 2.45) is 0 Å². The van der Waals surface area contributed by atoms with Gasteiger partial charge in [-0.3, -0.25) is 14.6 Å². The molecule has 0 saturated carbocycles.